The van der Waals surface area contributed by atoms with Gasteiger partial charge in [0.15, 0.2) is 0 Å². The molecule has 0 heterocycles. The van der Waals surface area contributed by atoms with Gasteiger partial charge in [0.05, 0.1) is 11.7 Å². The van der Waals surface area contributed by atoms with Crippen LogP contribution >= 0.6 is 0 Å². The molecule has 2 nitrogen and oxygen atoms in total. The van der Waals surface area contributed by atoms with Gasteiger partial charge < -0.3 is 10.1 Å². The molecule has 0 aromatic rings. The van der Waals surface area contributed by atoms with Crippen LogP contribution in [-0.4, -0.2) is 24.3 Å². The molecule has 0 amide bonds. The van der Waals surface area contributed by atoms with Gasteiger partial charge in [0, 0.05) is 6.04 Å². The minimum atomic E-state index is 0.0211. The van der Waals surface area contributed by atoms with Crippen molar-refractivity contribution in [3.05, 3.63) is 0 Å². The van der Waals surface area contributed by atoms with Gasteiger partial charge in [0.2, 0.25) is 0 Å². The van der Waals surface area contributed by atoms with E-state index in [1.54, 1.807) is 0 Å². The third-order valence-electron chi connectivity index (χ3n) is 3.01. The Labute approximate surface area is 101 Å². The molecule has 0 aliphatic heterocycles. The Balaban J connectivity index is 1.96. The van der Waals surface area contributed by atoms with Crippen LogP contribution < -0.4 is 5.32 Å². The van der Waals surface area contributed by atoms with Crippen LogP contribution in [0.4, 0.5) is 0 Å². The molecule has 0 spiro atoms. The Morgan fingerprint density at radius 3 is 2.38 bits per heavy atom. The van der Waals surface area contributed by atoms with Crippen LogP contribution in [0.5, 0.6) is 0 Å². The molecule has 1 fully saturated rings. The maximum Gasteiger partial charge on any atom is 0.0612 e. The Morgan fingerprint density at radius 2 is 1.88 bits per heavy atom. The average Bonchev–Trinajstić information content (AvgIpc) is 2.04. The SMILES string of the molecule is CC(C)CCCNC1CC(OC(C)(C)C)C1. The number of hydrogen-bond acceptors (Lipinski definition) is 2. The molecule has 1 aliphatic carbocycles. The molecule has 0 saturated heterocycles. The summed E-state index contributed by atoms with van der Waals surface area (Å²) in [5.74, 6) is 0.833. The van der Waals surface area contributed by atoms with Crippen LogP contribution in [0.1, 0.15) is 60.3 Å². The van der Waals surface area contributed by atoms with Gasteiger partial charge >= 0.3 is 0 Å². The smallest absolute Gasteiger partial charge is 0.0612 e. The van der Waals surface area contributed by atoms with Crippen LogP contribution in [-0.2, 0) is 4.74 Å². The summed E-state index contributed by atoms with van der Waals surface area (Å²) in [6.45, 7) is 12.2. The monoisotopic (exact) mass is 227 g/mol. The summed E-state index contributed by atoms with van der Waals surface area (Å²) in [5.41, 5.74) is 0.0211. The summed E-state index contributed by atoms with van der Waals surface area (Å²) in [4.78, 5) is 0. The first-order valence-electron chi connectivity index (χ1n) is 6.78. The molecule has 0 atom stereocenters. The second-order valence-corrected chi connectivity index (χ2v) is 6.51. The molecule has 1 rings (SSSR count). The van der Waals surface area contributed by atoms with Crippen LogP contribution in [0.25, 0.3) is 0 Å². The molecule has 96 valence electrons. The van der Waals surface area contributed by atoms with Crippen molar-refractivity contribution in [3.8, 4) is 0 Å². The molecule has 0 bridgehead atoms. The number of hydrogen-bond donors (Lipinski definition) is 1. The van der Waals surface area contributed by atoms with Gasteiger partial charge in [-0.25, -0.2) is 0 Å². The predicted molar refractivity (Wildman–Crippen MR) is 69.7 cm³/mol. The zero-order valence-corrected chi connectivity index (χ0v) is 11.7. The summed E-state index contributed by atoms with van der Waals surface area (Å²) < 4.78 is 5.91. The minimum absolute atomic E-state index is 0.0211. The fourth-order valence-electron chi connectivity index (χ4n) is 2.15. The molecule has 0 unspecified atom stereocenters. The van der Waals surface area contributed by atoms with E-state index in [9.17, 15) is 0 Å². The van der Waals surface area contributed by atoms with E-state index in [1.165, 1.54) is 32.2 Å². The quantitative estimate of drug-likeness (QED) is 0.703. The van der Waals surface area contributed by atoms with Gasteiger partial charge in [-0.15, -0.1) is 0 Å². The van der Waals surface area contributed by atoms with E-state index < -0.39 is 0 Å². The normalized spacial score (nSPS) is 25.9. The van der Waals surface area contributed by atoms with Gasteiger partial charge in [-0.1, -0.05) is 13.8 Å². The highest BCUT2D eigenvalue weighted by atomic mass is 16.5. The standard InChI is InChI=1S/C14H29NO/c1-11(2)7-6-8-15-12-9-13(10-12)16-14(3,4)5/h11-13,15H,6-10H2,1-5H3. The summed E-state index contributed by atoms with van der Waals surface area (Å²) in [7, 11) is 0. The number of rotatable bonds is 6. The lowest BCUT2D eigenvalue weighted by Crippen LogP contribution is -2.48. The third-order valence-corrected chi connectivity index (χ3v) is 3.01. The molecule has 16 heavy (non-hydrogen) atoms. The number of nitrogens with one attached hydrogen (secondary N) is 1. The second kappa shape index (κ2) is 6.02. The van der Waals surface area contributed by atoms with Gasteiger partial charge in [-0.3, -0.25) is 0 Å². The highest BCUT2D eigenvalue weighted by Crippen LogP contribution is 2.27. The van der Waals surface area contributed by atoms with E-state index in [-0.39, 0.29) is 5.60 Å². The Hall–Kier alpha value is -0.0800. The molecular formula is C14H29NO. The van der Waals surface area contributed by atoms with Crippen molar-refractivity contribution in [2.45, 2.75) is 78.0 Å². The van der Waals surface area contributed by atoms with Crippen molar-refractivity contribution in [2.24, 2.45) is 5.92 Å². The van der Waals surface area contributed by atoms with Crippen LogP contribution in [0, 0.1) is 5.92 Å². The zero-order valence-electron chi connectivity index (χ0n) is 11.7. The highest BCUT2D eigenvalue weighted by Gasteiger charge is 2.32. The molecule has 0 radical (unpaired) electrons. The highest BCUT2D eigenvalue weighted by molar-refractivity contribution is 4.87. The van der Waals surface area contributed by atoms with Crippen molar-refractivity contribution in [1.29, 1.82) is 0 Å². The lowest BCUT2D eigenvalue weighted by Gasteiger charge is -2.39. The first kappa shape index (κ1) is 14.0. The lowest BCUT2D eigenvalue weighted by atomic mass is 9.88. The summed E-state index contributed by atoms with van der Waals surface area (Å²) >= 11 is 0. The van der Waals surface area contributed by atoms with Crippen LogP contribution in [0.2, 0.25) is 0 Å². The summed E-state index contributed by atoms with van der Waals surface area (Å²) in [5, 5.41) is 3.61. The van der Waals surface area contributed by atoms with Crippen molar-refractivity contribution < 1.29 is 4.74 Å². The number of ether oxygens (including phenoxy) is 1. The minimum Gasteiger partial charge on any atom is -0.373 e. The maximum atomic E-state index is 5.91. The molecule has 0 aromatic carbocycles. The maximum absolute atomic E-state index is 5.91. The van der Waals surface area contributed by atoms with E-state index in [0.29, 0.717) is 12.1 Å². The van der Waals surface area contributed by atoms with E-state index in [0.717, 1.165) is 5.92 Å². The Morgan fingerprint density at radius 1 is 1.25 bits per heavy atom. The average molecular weight is 227 g/mol. The molecule has 0 aromatic heterocycles. The first-order chi connectivity index (χ1) is 7.37. The molecule has 1 N–H and O–H groups in total. The first-order valence-corrected chi connectivity index (χ1v) is 6.78. The van der Waals surface area contributed by atoms with E-state index in [1.807, 2.05) is 0 Å². The summed E-state index contributed by atoms with van der Waals surface area (Å²) in [6.07, 6.45) is 5.51. The van der Waals surface area contributed by atoms with Crippen LogP contribution in [0.3, 0.4) is 0 Å². The van der Waals surface area contributed by atoms with Crippen molar-refractivity contribution in [1.82, 2.24) is 5.32 Å². The zero-order chi connectivity index (χ0) is 12.2. The Kier molecular flexibility index (Phi) is 5.26. The topological polar surface area (TPSA) is 21.3 Å². The van der Waals surface area contributed by atoms with E-state index >= 15 is 0 Å². The molecule has 1 saturated carbocycles. The van der Waals surface area contributed by atoms with Gasteiger partial charge in [0.1, 0.15) is 0 Å². The van der Waals surface area contributed by atoms with Gasteiger partial charge in [-0.2, -0.15) is 0 Å². The van der Waals surface area contributed by atoms with Crippen molar-refractivity contribution in [2.75, 3.05) is 6.54 Å². The Bertz CT molecular complexity index is 189. The molecule has 2 heteroatoms. The molecule has 1 aliphatic rings. The van der Waals surface area contributed by atoms with Crippen LogP contribution in [0.15, 0.2) is 0 Å². The summed E-state index contributed by atoms with van der Waals surface area (Å²) in [6, 6.07) is 0.708. The third kappa shape index (κ3) is 5.86. The van der Waals surface area contributed by atoms with Crippen molar-refractivity contribution >= 4 is 0 Å². The molecular weight excluding hydrogens is 198 g/mol. The predicted octanol–water partition coefficient (Wildman–Crippen LogP) is 3.36. The lowest BCUT2D eigenvalue weighted by molar-refractivity contribution is -0.102. The van der Waals surface area contributed by atoms with E-state index in [2.05, 4.69) is 39.9 Å². The van der Waals surface area contributed by atoms with E-state index in [4.69, 9.17) is 4.74 Å². The van der Waals surface area contributed by atoms with Gasteiger partial charge in [-0.05, 0) is 58.9 Å². The van der Waals surface area contributed by atoms with Gasteiger partial charge in [0.25, 0.3) is 0 Å². The van der Waals surface area contributed by atoms with Crippen molar-refractivity contribution in [3.63, 3.8) is 0 Å². The second-order valence-electron chi connectivity index (χ2n) is 6.51. The fraction of sp³-hybridized carbons (Fsp3) is 1.00. The largest absolute Gasteiger partial charge is 0.373 e. The fourth-order valence-corrected chi connectivity index (χ4v) is 2.15.